The van der Waals surface area contributed by atoms with Gasteiger partial charge in [-0.15, -0.1) is 0 Å². The van der Waals surface area contributed by atoms with Crippen LogP contribution in [0.1, 0.15) is 20.3 Å². The molecule has 0 amide bonds. The summed E-state index contributed by atoms with van der Waals surface area (Å²) in [6.07, 6.45) is 1.40. The molecule has 1 rings (SSSR count). The van der Waals surface area contributed by atoms with Gasteiger partial charge in [-0.25, -0.2) is 0 Å². The second-order valence-corrected chi connectivity index (χ2v) is 4.81. The second-order valence-electron chi connectivity index (χ2n) is 3.73. The van der Waals surface area contributed by atoms with Gasteiger partial charge in [0, 0.05) is 17.5 Å². The number of piperidine rings is 1. The van der Waals surface area contributed by atoms with Gasteiger partial charge in [0.25, 0.3) is 0 Å². The molecule has 11 heavy (non-hydrogen) atoms. The number of likely N-dealkylation sites (tertiary alicyclic amines) is 1. The van der Waals surface area contributed by atoms with Crippen LogP contribution in [0.25, 0.3) is 0 Å². The minimum Gasteiger partial charge on any atom is -0.302 e. The standard InChI is InChI=1S/C9H18IN/c1-8-3-5-11(6-4-10)7-9(8)2/h8-9H,3-7H2,1-2H3. The van der Waals surface area contributed by atoms with E-state index in [4.69, 9.17) is 0 Å². The molecule has 0 aliphatic carbocycles. The summed E-state index contributed by atoms with van der Waals surface area (Å²) >= 11 is 2.46. The lowest BCUT2D eigenvalue weighted by Gasteiger charge is -2.34. The summed E-state index contributed by atoms with van der Waals surface area (Å²) in [6.45, 7) is 8.70. The van der Waals surface area contributed by atoms with Gasteiger partial charge in [-0.05, 0) is 24.8 Å². The maximum absolute atomic E-state index is 2.59. The summed E-state index contributed by atoms with van der Waals surface area (Å²) in [5, 5.41) is 0. The number of hydrogen-bond acceptors (Lipinski definition) is 1. The zero-order valence-corrected chi connectivity index (χ0v) is 9.67. The van der Waals surface area contributed by atoms with Gasteiger partial charge >= 0.3 is 0 Å². The number of halogens is 1. The van der Waals surface area contributed by atoms with Crippen LogP contribution in [-0.2, 0) is 0 Å². The van der Waals surface area contributed by atoms with Gasteiger partial charge in [-0.2, -0.15) is 0 Å². The van der Waals surface area contributed by atoms with Gasteiger partial charge in [0.05, 0.1) is 0 Å². The molecule has 0 aromatic carbocycles. The van der Waals surface area contributed by atoms with E-state index in [-0.39, 0.29) is 0 Å². The summed E-state index contributed by atoms with van der Waals surface area (Å²) in [4.78, 5) is 2.59. The van der Waals surface area contributed by atoms with Crippen molar-refractivity contribution < 1.29 is 0 Å². The molecule has 2 unspecified atom stereocenters. The van der Waals surface area contributed by atoms with Crippen LogP contribution in [0.4, 0.5) is 0 Å². The molecule has 0 aromatic rings. The van der Waals surface area contributed by atoms with Crippen molar-refractivity contribution in [3.05, 3.63) is 0 Å². The van der Waals surface area contributed by atoms with E-state index >= 15 is 0 Å². The normalized spacial score (nSPS) is 34.1. The molecular formula is C9H18IN. The van der Waals surface area contributed by atoms with Gasteiger partial charge in [0.1, 0.15) is 0 Å². The van der Waals surface area contributed by atoms with Crippen molar-refractivity contribution in [2.24, 2.45) is 11.8 Å². The molecule has 0 N–H and O–H groups in total. The van der Waals surface area contributed by atoms with Gasteiger partial charge < -0.3 is 4.90 Å². The van der Waals surface area contributed by atoms with E-state index in [0.717, 1.165) is 11.8 Å². The number of nitrogens with zero attached hydrogens (tertiary/aromatic N) is 1. The molecule has 1 aliphatic heterocycles. The van der Waals surface area contributed by atoms with E-state index in [1.807, 2.05) is 0 Å². The summed E-state index contributed by atoms with van der Waals surface area (Å²) in [5.74, 6) is 1.85. The van der Waals surface area contributed by atoms with Crippen molar-refractivity contribution >= 4 is 22.6 Å². The van der Waals surface area contributed by atoms with E-state index in [0.29, 0.717) is 0 Å². The fourth-order valence-electron chi connectivity index (χ4n) is 1.67. The van der Waals surface area contributed by atoms with Crippen molar-refractivity contribution in [1.29, 1.82) is 0 Å². The van der Waals surface area contributed by atoms with E-state index in [1.54, 1.807) is 0 Å². The third-order valence-corrected chi connectivity index (χ3v) is 3.30. The molecule has 0 saturated carbocycles. The largest absolute Gasteiger partial charge is 0.302 e. The van der Waals surface area contributed by atoms with Crippen LogP contribution in [0.2, 0.25) is 0 Å². The Hall–Kier alpha value is 0.690. The van der Waals surface area contributed by atoms with Crippen LogP contribution in [0, 0.1) is 11.8 Å². The first-order valence-corrected chi connectivity index (χ1v) is 6.05. The first kappa shape index (κ1) is 9.78. The number of hydrogen-bond donors (Lipinski definition) is 0. The van der Waals surface area contributed by atoms with Crippen molar-refractivity contribution in [2.45, 2.75) is 20.3 Å². The van der Waals surface area contributed by atoms with Crippen LogP contribution in [0.15, 0.2) is 0 Å². The molecule has 0 spiro atoms. The fourth-order valence-corrected chi connectivity index (χ4v) is 2.35. The average Bonchev–Trinajstić information content (AvgIpc) is 1.98. The second kappa shape index (κ2) is 4.65. The Kier molecular flexibility index (Phi) is 4.13. The molecule has 0 bridgehead atoms. The molecule has 1 aliphatic rings. The van der Waals surface area contributed by atoms with Crippen molar-refractivity contribution in [3.8, 4) is 0 Å². The minimum atomic E-state index is 0.909. The molecule has 1 heterocycles. The average molecular weight is 267 g/mol. The highest BCUT2D eigenvalue weighted by Crippen LogP contribution is 2.21. The maximum Gasteiger partial charge on any atom is 0.0123 e. The van der Waals surface area contributed by atoms with Crippen LogP contribution in [0.5, 0.6) is 0 Å². The predicted octanol–water partition coefficient (Wildman–Crippen LogP) is 2.40. The summed E-state index contributed by atoms with van der Waals surface area (Å²) < 4.78 is 1.28. The highest BCUT2D eigenvalue weighted by atomic mass is 127. The zero-order chi connectivity index (χ0) is 8.27. The maximum atomic E-state index is 2.59. The summed E-state index contributed by atoms with van der Waals surface area (Å²) in [7, 11) is 0. The van der Waals surface area contributed by atoms with Crippen molar-refractivity contribution in [2.75, 3.05) is 24.1 Å². The topological polar surface area (TPSA) is 3.24 Å². The highest BCUT2D eigenvalue weighted by Gasteiger charge is 2.21. The Labute approximate surface area is 83.7 Å². The third kappa shape index (κ3) is 2.90. The van der Waals surface area contributed by atoms with Crippen molar-refractivity contribution in [3.63, 3.8) is 0 Å². The minimum absolute atomic E-state index is 0.909. The van der Waals surface area contributed by atoms with E-state index in [1.165, 1.54) is 30.5 Å². The molecular weight excluding hydrogens is 249 g/mol. The number of alkyl halides is 1. The van der Waals surface area contributed by atoms with E-state index in [9.17, 15) is 0 Å². The Morgan fingerprint density at radius 1 is 1.36 bits per heavy atom. The van der Waals surface area contributed by atoms with E-state index < -0.39 is 0 Å². The Morgan fingerprint density at radius 3 is 2.64 bits per heavy atom. The lowest BCUT2D eigenvalue weighted by Crippen LogP contribution is -2.39. The van der Waals surface area contributed by atoms with Crippen LogP contribution < -0.4 is 0 Å². The summed E-state index contributed by atoms with van der Waals surface area (Å²) in [5.41, 5.74) is 0. The zero-order valence-electron chi connectivity index (χ0n) is 7.52. The lowest BCUT2D eigenvalue weighted by molar-refractivity contribution is 0.146. The highest BCUT2D eigenvalue weighted by molar-refractivity contribution is 14.1. The first-order chi connectivity index (χ1) is 5.24. The van der Waals surface area contributed by atoms with E-state index in [2.05, 4.69) is 41.3 Å². The lowest BCUT2D eigenvalue weighted by atomic mass is 9.89. The number of rotatable bonds is 2. The molecule has 2 heteroatoms. The molecule has 66 valence electrons. The Bertz CT molecular complexity index is 116. The van der Waals surface area contributed by atoms with Crippen LogP contribution in [0.3, 0.4) is 0 Å². The molecule has 1 nitrogen and oxygen atoms in total. The van der Waals surface area contributed by atoms with Gasteiger partial charge in [0.15, 0.2) is 0 Å². The molecule has 2 atom stereocenters. The quantitative estimate of drug-likeness (QED) is 0.548. The molecule has 0 aromatic heterocycles. The summed E-state index contributed by atoms with van der Waals surface area (Å²) in [6, 6.07) is 0. The molecule has 1 fully saturated rings. The monoisotopic (exact) mass is 267 g/mol. The predicted molar refractivity (Wildman–Crippen MR) is 58.3 cm³/mol. The first-order valence-electron chi connectivity index (χ1n) is 4.52. The Morgan fingerprint density at radius 2 is 2.09 bits per heavy atom. The fraction of sp³-hybridized carbons (Fsp3) is 1.00. The molecule has 1 saturated heterocycles. The Balaban J connectivity index is 2.28. The van der Waals surface area contributed by atoms with Crippen LogP contribution >= 0.6 is 22.6 Å². The van der Waals surface area contributed by atoms with Crippen molar-refractivity contribution in [1.82, 2.24) is 4.90 Å². The van der Waals surface area contributed by atoms with Crippen LogP contribution in [-0.4, -0.2) is 29.0 Å². The third-order valence-electron chi connectivity index (χ3n) is 2.82. The SMILES string of the molecule is CC1CCN(CCI)CC1C. The smallest absolute Gasteiger partial charge is 0.0123 e. The van der Waals surface area contributed by atoms with Gasteiger partial charge in [0.2, 0.25) is 0 Å². The van der Waals surface area contributed by atoms with Gasteiger partial charge in [-0.3, -0.25) is 0 Å². The molecule has 0 radical (unpaired) electrons. The van der Waals surface area contributed by atoms with Gasteiger partial charge in [-0.1, -0.05) is 36.4 Å².